The summed E-state index contributed by atoms with van der Waals surface area (Å²) in [4.78, 5) is 12.6. The van der Waals surface area contributed by atoms with Crippen LogP contribution in [0.15, 0.2) is 24.7 Å². The van der Waals surface area contributed by atoms with Crippen LogP contribution in [0, 0.1) is 0 Å². The molecule has 12 nitrogen and oxygen atoms in total. The first-order chi connectivity index (χ1) is 16.8. The van der Waals surface area contributed by atoms with Crippen molar-refractivity contribution >= 4 is 27.6 Å². The summed E-state index contributed by atoms with van der Waals surface area (Å²) in [6, 6.07) is 3.38. The number of methoxy groups -OCH3 is 2. The van der Waals surface area contributed by atoms with Gasteiger partial charge >= 0.3 is 0 Å². The summed E-state index contributed by atoms with van der Waals surface area (Å²) in [7, 11) is -1.06. The van der Waals surface area contributed by atoms with Gasteiger partial charge in [-0.2, -0.15) is 9.97 Å². The highest BCUT2D eigenvalue weighted by Crippen LogP contribution is 2.36. The molecule has 0 spiro atoms. The van der Waals surface area contributed by atoms with E-state index < -0.39 is 21.2 Å². The fourth-order valence-electron chi connectivity index (χ4n) is 3.81. The molecule has 1 N–H and O–H groups in total. The van der Waals surface area contributed by atoms with Gasteiger partial charge in [-0.3, -0.25) is 14.3 Å². The number of anilines is 1. The summed E-state index contributed by atoms with van der Waals surface area (Å²) in [5.74, 6) is 0.221. The van der Waals surface area contributed by atoms with Crippen molar-refractivity contribution in [1.29, 1.82) is 0 Å². The van der Waals surface area contributed by atoms with Crippen LogP contribution >= 0.6 is 11.6 Å². The molecule has 0 aliphatic carbocycles. The van der Waals surface area contributed by atoms with Gasteiger partial charge in [-0.15, -0.1) is 10.2 Å². The lowest BCUT2D eigenvalue weighted by molar-refractivity contribution is 0.193. The molecule has 3 aromatic heterocycles. The Morgan fingerprint density at radius 2 is 1.86 bits per heavy atom. The van der Waals surface area contributed by atoms with Gasteiger partial charge in [-0.05, 0) is 25.5 Å². The molecule has 1 aliphatic rings. The molecule has 3 aromatic rings. The zero-order chi connectivity index (χ0) is 25.2. The molecule has 3 atom stereocenters. The van der Waals surface area contributed by atoms with Crippen LogP contribution in [-0.4, -0.2) is 70.8 Å². The van der Waals surface area contributed by atoms with Crippen LogP contribution in [0.3, 0.4) is 0 Å². The van der Waals surface area contributed by atoms with Crippen LogP contribution in [0.4, 0.5) is 5.95 Å². The predicted octanol–water partition coefficient (Wildman–Crippen LogP) is 2.56. The summed E-state index contributed by atoms with van der Waals surface area (Å²) in [5, 5.41) is 8.07. The van der Waals surface area contributed by atoms with Gasteiger partial charge < -0.3 is 14.2 Å². The summed E-state index contributed by atoms with van der Waals surface area (Å²) in [6.45, 7) is 4.35. The van der Waals surface area contributed by atoms with E-state index in [0.29, 0.717) is 36.2 Å². The summed E-state index contributed by atoms with van der Waals surface area (Å²) in [5.41, 5.74) is 0.875. The number of nitrogens with one attached hydrogen (secondary N) is 1. The van der Waals surface area contributed by atoms with Crippen molar-refractivity contribution < 1.29 is 22.6 Å². The maximum absolute atomic E-state index is 13.4. The first-order valence-corrected chi connectivity index (χ1v) is 12.8. The molecule has 188 valence electrons. The lowest BCUT2D eigenvalue weighted by Crippen LogP contribution is -2.31. The number of halogens is 1. The number of aromatic nitrogens is 6. The summed E-state index contributed by atoms with van der Waals surface area (Å²) >= 11 is 5.92. The van der Waals surface area contributed by atoms with Gasteiger partial charge in [0.05, 0.1) is 31.1 Å². The Morgan fingerprint density at radius 1 is 1.14 bits per heavy atom. The Hall–Kier alpha value is -3.03. The van der Waals surface area contributed by atoms with E-state index in [9.17, 15) is 8.42 Å². The molecule has 14 heteroatoms. The van der Waals surface area contributed by atoms with Crippen molar-refractivity contribution in [2.75, 3.05) is 32.2 Å². The largest absolute Gasteiger partial charge is 0.479 e. The summed E-state index contributed by atoms with van der Waals surface area (Å²) < 4.78 is 47.4. The Bertz CT molecular complexity index is 1260. The number of ether oxygens (including phenoxy) is 3. The third kappa shape index (κ3) is 5.02. The van der Waals surface area contributed by atoms with Gasteiger partial charge in [0, 0.05) is 30.3 Å². The average molecular weight is 524 g/mol. The van der Waals surface area contributed by atoms with E-state index in [-0.39, 0.29) is 29.3 Å². The van der Waals surface area contributed by atoms with Gasteiger partial charge in [0.25, 0.3) is 0 Å². The van der Waals surface area contributed by atoms with Crippen LogP contribution in [0.5, 0.6) is 11.8 Å². The third-order valence-corrected chi connectivity index (χ3v) is 8.07. The number of hydrogen-bond donors (Lipinski definition) is 1. The lowest BCUT2D eigenvalue weighted by Gasteiger charge is -2.22. The molecule has 1 aliphatic heterocycles. The highest BCUT2D eigenvalue weighted by Gasteiger charge is 2.34. The Labute approximate surface area is 208 Å². The van der Waals surface area contributed by atoms with E-state index in [0.717, 1.165) is 0 Å². The maximum Gasteiger partial charge on any atom is 0.245 e. The molecule has 35 heavy (non-hydrogen) atoms. The fourth-order valence-corrected chi connectivity index (χ4v) is 5.17. The van der Waals surface area contributed by atoms with Gasteiger partial charge in [0.1, 0.15) is 12.2 Å². The Morgan fingerprint density at radius 3 is 2.43 bits per heavy atom. The van der Waals surface area contributed by atoms with Crippen molar-refractivity contribution in [3.05, 3.63) is 41.2 Å². The zero-order valence-corrected chi connectivity index (χ0v) is 21.2. The minimum atomic E-state index is -3.95. The van der Waals surface area contributed by atoms with Crippen molar-refractivity contribution in [2.45, 2.75) is 37.4 Å². The standard InChI is InChI=1S/C21H26ClN7O5S/c1-12(16-6-5-15(22)9-23-16)13(2)35(30,31)28-21-27-26-18(14-7-8-34-10-14)29(21)17-19(32-3)24-11-25-20(17)33-4/h5-6,9,11-14H,7-8,10H2,1-4H3,(H,27,28)/t12?,13?,14-/m1/s1. The molecule has 1 saturated heterocycles. The van der Waals surface area contributed by atoms with Crippen LogP contribution in [-0.2, 0) is 14.8 Å². The maximum atomic E-state index is 13.4. The fraction of sp³-hybridized carbons (Fsp3) is 0.476. The predicted molar refractivity (Wildman–Crippen MR) is 128 cm³/mol. The quantitative estimate of drug-likeness (QED) is 0.444. The minimum Gasteiger partial charge on any atom is -0.479 e. The van der Waals surface area contributed by atoms with Crippen molar-refractivity contribution in [3.63, 3.8) is 0 Å². The summed E-state index contributed by atoms with van der Waals surface area (Å²) in [6.07, 6.45) is 3.47. The lowest BCUT2D eigenvalue weighted by atomic mass is 10.0. The van der Waals surface area contributed by atoms with E-state index in [2.05, 4.69) is 29.9 Å². The Balaban J connectivity index is 1.76. The minimum absolute atomic E-state index is 0.0404. The average Bonchev–Trinajstić information content (AvgIpc) is 3.52. The molecule has 0 aromatic carbocycles. The van der Waals surface area contributed by atoms with Crippen molar-refractivity contribution in [2.24, 2.45) is 0 Å². The molecule has 0 bridgehead atoms. The number of nitrogens with zero attached hydrogens (tertiary/aromatic N) is 6. The normalized spacial score (nSPS) is 17.7. The van der Waals surface area contributed by atoms with E-state index in [1.165, 1.54) is 31.3 Å². The zero-order valence-electron chi connectivity index (χ0n) is 19.7. The molecular weight excluding hydrogens is 498 g/mol. The molecule has 0 amide bonds. The van der Waals surface area contributed by atoms with Gasteiger partial charge in [-0.1, -0.05) is 18.5 Å². The molecule has 1 fully saturated rings. The molecule has 4 rings (SSSR count). The number of pyridine rings is 1. The van der Waals surface area contributed by atoms with E-state index in [1.807, 2.05) is 0 Å². The number of sulfonamides is 1. The Kier molecular flexibility index (Phi) is 7.38. The monoisotopic (exact) mass is 523 g/mol. The second-order valence-electron chi connectivity index (χ2n) is 8.06. The molecule has 0 radical (unpaired) electrons. The molecular formula is C21H26ClN7O5S. The first-order valence-electron chi connectivity index (χ1n) is 10.9. The van der Waals surface area contributed by atoms with Gasteiger partial charge in [0.2, 0.25) is 27.7 Å². The van der Waals surface area contributed by atoms with Crippen molar-refractivity contribution in [1.82, 2.24) is 29.7 Å². The van der Waals surface area contributed by atoms with Crippen LogP contribution in [0.25, 0.3) is 5.69 Å². The van der Waals surface area contributed by atoms with Crippen LogP contribution in [0.1, 0.15) is 43.6 Å². The van der Waals surface area contributed by atoms with Gasteiger partial charge in [-0.25, -0.2) is 8.42 Å². The van der Waals surface area contributed by atoms with Crippen LogP contribution < -0.4 is 14.2 Å². The van der Waals surface area contributed by atoms with E-state index >= 15 is 0 Å². The first kappa shape index (κ1) is 25.1. The second-order valence-corrected chi connectivity index (χ2v) is 10.5. The molecule has 4 heterocycles. The number of hydrogen-bond acceptors (Lipinski definition) is 10. The third-order valence-electron chi connectivity index (χ3n) is 5.99. The van der Waals surface area contributed by atoms with Crippen molar-refractivity contribution in [3.8, 4) is 17.4 Å². The van der Waals surface area contributed by atoms with Crippen LogP contribution in [0.2, 0.25) is 5.02 Å². The van der Waals surface area contributed by atoms with E-state index in [1.54, 1.807) is 26.0 Å². The number of rotatable bonds is 9. The molecule has 0 saturated carbocycles. The molecule has 2 unspecified atom stereocenters. The second kappa shape index (κ2) is 10.3. The highest BCUT2D eigenvalue weighted by molar-refractivity contribution is 7.93. The highest BCUT2D eigenvalue weighted by atomic mass is 35.5. The topological polar surface area (TPSA) is 143 Å². The SMILES string of the molecule is COc1ncnc(OC)c1-n1c(NS(=O)(=O)C(C)C(C)c2ccc(Cl)cn2)nnc1[C@@H]1CCOC1. The smallest absolute Gasteiger partial charge is 0.245 e. The van der Waals surface area contributed by atoms with Gasteiger partial charge in [0.15, 0.2) is 5.69 Å². The van der Waals surface area contributed by atoms with E-state index in [4.69, 9.17) is 25.8 Å².